The van der Waals surface area contributed by atoms with E-state index >= 15 is 0 Å². The number of nitrogens with zero attached hydrogens (tertiary/aromatic N) is 1. The third-order valence-electron chi connectivity index (χ3n) is 7.57. The molecule has 0 aliphatic rings. The molecule has 3 nitrogen and oxygen atoms in total. The van der Waals surface area contributed by atoms with Gasteiger partial charge in [0.2, 0.25) is 0 Å². The summed E-state index contributed by atoms with van der Waals surface area (Å²) >= 11 is 0. The molecule has 3 rings (SSSR count). The number of allylic oxidation sites excluding steroid dienone is 2. The second-order valence-corrected chi connectivity index (χ2v) is 12.6. The van der Waals surface area contributed by atoms with Crippen LogP contribution in [0.25, 0.3) is 22.0 Å². The second kappa shape index (κ2) is 15.6. The molecule has 2 aromatic carbocycles. The zero-order valence-corrected chi connectivity index (χ0v) is 28.7. The first-order valence-electron chi connectivity index (χ1n) is 14.6. The number of benzene rings is 2. The summed E-state index contributed by atoms with van der Waals surface area (Å²) in [6, 6.07) is 18.6. The van der Waals surface area contributed by atoms with E-state index in [2.05, 4.69) is 95.1 Å². The summed E-state index contributed by atoms with van der Waals surface area (Å²) in [6.07, 6.45) is 6.82. The van der Waals surface area contributed by atoms with Gasteiger partial charge in [0.15, 0.2) is 5.78 Å². The Morgan fingerprint density at radius 2 is 1.45 bits per heavy atom. The molecule has 0 amide bonds. The van der Waals surface area contributed by atoms with E-state index in [0.717, 1.165) is 42.3 Å². The van der Waals surface area contributed by atoms with Crippen LogP contribution in [0.5, 0.6) is 0 Å². The zero-order valence-electron chi connectivity index (χ0n) is 26.3. The molecule has 0 aliphatic heterocycles. The second-order valence-electron chi connectivity index (χ2n) is 12.6. The first-order valence-corrected chi connectivity index (χ1v) is 14.6. The Bertz CT molecular complexity index is 1260. The third-order valence-corrected chi connectivity index (χ3v) is 7.57. The number of hydrogen-bond donors (Lipinski definition) is 1. The van der Waals surface area contributed by atoms with Crippen molar-refractivity contribution >= 4 is 16.6 Å². The Kier molecular flexibility index (Phi) is 14.0. The fourth-order valence-corrected chi connectivity index (χ4v) is 4.81. The maximum atomic E-state index is 11.7. The summed E-state index contributed by atoms with van der Waals surface area (Å²) in [6.45, 7) is 21.6. The number of pyridine rings is 1. The van der Waals surface area contributed by atoms with E-state index in [9.17, 15) is 9.90 Å². The van der Waals surface area contributed by atoms with Crippen molar-refractivity contribution in [2.75, 3.05) is 0 Å². The van der Waals surface area contributed by atoms with Gasteiger partial charge in [-0.3, -0.25) is 9.78 Å². The Hall–Kier alpha value is -2.29. The van der Waals surface area contributed by atoms with Gasteiger partial charge in [0.25, 0.3) is 0 Å². The molecule has 1 radical (unpaired) electrons. The molecule has 0 unspecified atom stereocenters. The molecular formula is C36H50IrNO2-. The molecule has 0 bridgehead atoms. The first-order chi connectivity index (χ1) is 18.3. The summed E-state index contributed by atoms with van der Waals surface area (Å²) in [5.41, 5.74) is 4.90. The molecule has 0 aliphatic carbocycles. The van der Waals surface area contributed by atoms with E-state index in [-0.39, 0.29) is 54.3 Å². The van der Waals surface area contributed by atoms with Crippen LogP contribution in [0.15, 0.2) is 60.5 Å². The van der Waals surface area contributed by atoms with E-state index in [1.165, 1.54) is 22.6 Å². The van der Waals surface area contributed by atoms with Crippen LogP contribution in [-0.4, -0.2) is 15.9 Å². The average Bonchev–Trinajstić information content (AvgIpc) is 2.89. The van der Waals surface area contributed by atoms with Crippen molar-refractivity contribution in [2.24, 2.45) is 11.8 Å². The first kappa shape index (κ1) is 35.7. The van der Waals surface area contributed by atoms with Crippen molar-refractivity contribution in [1.82, 2.24) is 4.98 Å². The van der Waals surface area contributed by atoms with Crippen LogP contribution in [0.1, 0.15) is 106 Å². The van der Waals surface area contributed by atoms with Crippen molar-refractivity contribution in [3.05, 3.63) is 77.7 Å². The van der Waals surface area contributed by atoms with Crippen molar-refractivity contribution in [3.63, 3.8) is 0 Å². The quantitative estimate of drug-likeness (QED) is 0.143. The fraction of sp³-hybridized carbons (Fsp3) is 0.500. The normalized spacial score (nSPS) is 12.2. The third kappa shape index (κ3) is 9.67. The van der Waals surface area contributed by atoms with Gasteiger partial charge >= 0.3 is 0 Å². The van der Waals surface area contributed by atoms with E-state index in [4.69, 9.17) is 0 Å². The van der Waals surface area contributed by atoms with Crippen LogP contribution in [-0.2, 0) is 35.7 Å². The number of aliphatic hydroxyl groups excluding tert-OH is 1. The summed E-state index contributed by atoms with van der Waals surface area (Å²) < 4.78 is 0. The maximum absolute atomic E-state index is 11.7. The Morgan fingerprint density at radius 1 is 0.875 bits per heavy atom. The van der Waals surface area contributed by atoms with Crippen molar-refractivity contribution < 1.29 is 30.0 Å². The zero-order chi connectivity index (χ0) is 29.4. The van der Waals surface area contributed by atoms with E-state index < -0.39 is 0 Å². The Balaban J connectivity index is 0.000000437. The molecule has 221 valence electrons. The monoisotopic (exact) mass is 721 g/mol. The van der Waals surface area contributed by atoms with Gasteiger partial charge in [-0.05, 0) is 48.1 Å². The molecule has 3 aromatic rings. The Labute approximate surface area is 257 Å². The SMILES string of the molecule is CC(C)(C)c1ccnc(-c2[c-]c3ccccc3c(C(C)(C)C)c2)c1.CCC(CC)C(=O)/C=C(\O)C(CC)CC.[Ir]. The van der Waals surface area contributed by atoms with Crippen molar-refractivity contribution in [3.8, 4) is 11.3 Å². The molecule has 1 N–H and O–H groups in total. The van der Waals surface area contributed by atoms with Gasteiger partial charge in [-0.2, -0.15) is 0 Å². The summed E-state index contributed by atoms with van der Waals surface area (Å²) in [7, 11) is 0. The summed E-state index contributed by atoms with van der Waals surface area (Å²) in [5.74, 6) is 0.547. The number of fused-ring (bicyclic) bond motifs is 1. The molecule has 0 saturated carbocycles. The minimum Gasteiger partial charge on any atom is -0.512 e. The smallest absolute Gasteiger partial charge is 0.162 e. The predicted octanol–water partition coefficient (Wildman–Crippen LogP) is 10.2. The number of carbonyl (C=O) groups excluding carboxylic acids is 1. The standard InChI is InChI=1S/C23H26N.C13H24O2.Ir/c1-22(2,3)18-11-12-24-21(15-18)17-13-16-9-7-8-10-19(16)20(14-17)23(4,5)6;1-5-10(6-2)12(14)9-13(15)11(7-3)8-4;/h7-12,14-15H,1-6H3;9-11,14H,5-8H2,1-4H3;/q-1;;/b;12-9-;. The van der Waals surface area contributed by atoms with Gasteiger partial charge in [-0.1, -0.05) is 104 Å². The van der Waals surface area contributed by atoms with Crippen molar-refractivity contribution in [2.45, 2.75) is 106 Å². The number of hydrogen-bond acceptors (Lipinski definition) is 3. The minimum atomic E-state index is 0. The van der Waals surface area contributed by atoms with Crippen LogP contribution < -0.4 is 0 Å². The summed E-state index contributed by atoms with van der Waals surface area (Å²) in [4.78, 5) is 16.3. The van der Waals surface area contributed by atoms with Crippen LogP contribution in [0.3, 0.4) is 0 Å². The van der Waals surface area contributed by atoms with Crippen LogP contribution in [0.2, 0.25) is 0 Å². The number of aliphatic hydroxyl groups is 1. The van der Waals surface area contributed by atoms with Gasteiger partial charge in [-0.25, -0.2) is 0 Å². The van der Waals surface area contributed by atoms with E-state index in [1.807, 2.05) is 33.9 Å². The number of carbonyl (C=O) groups is 1. The van der Waals surface area contributed by atoms with Crippen molar-refractivity contribution in [1.29, 1.82) is 0 Å². The molecule has 4 heteroatoms. The van der Waals surface area contributed by atoms with Crippen LogP contribution in [0, 0.1) is 17.9 Å². The van der Waals surface area contributed by atoms with Gasteiger partial charge in [0.05, 0.1) is 5.76 Å². The maximum Gasteiger partial charge on any atom is 0.162 e. The van der Waals surface area contributed by atoms with Gasteiger partial charge in [0.1, 0.15) is 0 Å². The average molecular weight is 721 g/mol. The fourth-order valence-electron chi connectivity index (χ4n) is 4.81. The molecular weight excluding hydrogens is 671 g/mol. The molecule has 0 spiro atoms. The molecule has 1 heterocycles. The van der Waals surface area contributed by atoms with E-state index in [1.54, 1.807) is 0 Å². The molecule has 1 aromatic heterocycles. The van der Waals surface area contributed by atoms with Gasteiger partial charge in [-0.15, -0.1) is 29.1 Å². The summed E-state index contributed by atoms with van der Waals surface area (Å²) in [5, 5.41) is 12.2. The van der Waals surface area contributed by atoms with E-state index in [0.29, 0.717) is 0 Å². The van der Waals surface area contributed by atoms with Gasteiger partial charge < -0.3 is 5.11 Å². The molecule has 0 saturated heterocycles. The molecule has 40 heavy (non-hydrogen) atoms. The molecule has 0 atom stereocenters. The van der Waals surface area contributed by atoms with Crippen LogP contribution >= 0.6 is 0 Å². The minimum absolute atomic E-state index is 0. The number of aromatic nitrogens is 1. The largest absolute Gasteiger partial charge is 0.512 e. The van der Waals surface area contributed by atoms with Crippen LogP contribution in [0.4, 0.5) is 0 Å². The number of rotatable bonds is 8. The Morgan fingerprint density at radius 3 is 1.98 bits per heavy atom. The molecule has 0 fully saturated rings. The topological polar surface area (TPSA) is 50.2 Å². The predicted molar refractivity (Wildman–Crippen MR) is 167 cm³/mol. The van der Waals surface area contributed by atoms with Gasteiger partial charge in [0, 0.05) is 49.9 Å². The number of ketones is 1.